The number of nitrogens with zero attached hydrogens (tertiary/aromatic N) is 1. The quantitative estimate of drug-likeness (QED) is 0.497. The van der Waals surface area contributed by atoms with Crippen LogP contribution in [0.5, 0.6) is 0 Å². The SMILES string of the molecule is Nc1nc2c(Br)cc(NC(=O)c3cccc4ccccc34)cc2s1. The van der Waals surface area contributed by atoms with E-state index in [1.54, 1.807) is 0 Å². The largest absolute Gasteiger partial charge is 0.375 e. The molecule has 6 heteroatoms. The van der Waals surface area contributed by atoms with Gasteiger partial charge in [0.05, 0.1) is 10.2 Å². The molecular weight excluding hydrogens is 386 g/mol. The van der Waals surface area contributed by atoms with Crippen molar-refractivity contribution < 1.29 is 4.79 Å². The lowest BCUT2D eigenvalue weighted by Gasteiger charge is -2.09. The molecule has 0 fully saturated rings. The van der Waals surface area contributed by atoms with Gasteiger partial charge in [0.2, 0.25) is 0 Å². The summed E-state index contributed by atoms with van der Waals surface area (Å²) in [6.45, 7) is 0. The van der Waals surface area contributed by atoms with E-state index in [0.29, 0.717) is 16.4 Å². The van der Waals surface area contributed by atoms with Gasteiger partial charge in [-0.1, -0.05) is 47.7 Å². The van der Waals surface area contributed by atoms with Crippen molar-refractivity contribution in [2.75, 3.05) is 11.1 Å². The molecule has 0 aliphatic heterocycles. The highest BCUT2D eigenvalue weighted by Crippen LogP contribution is 2.33. The number of benzene rings is 3. The Labute approximate surface area is 150 Å². The Hall–Kier alpha value is -2.44. The number of hydrogen-bond donors (Lipinski definition) is 2. The van der Waals surface area contributed by atoms with Crippen molar-refractivity contribution in [2.24, 2.45) is 0 Å². The Morgan fingerprint density at radius 2 is 1.92 bits per heavy atom. The lowest BCUT2D eigenvalue weighted by atomic mass is 10.0. The molecule has 0 atom stereocenters. The van der Waals surface area contributed by atoms with Gasteiger partial charge in [-0.3, -0.25) is 4.79 Å². The van der Waals surface area contributed by atoms with Crippen molar-refractivity contribution in [3.8, 4) is 0 Å². The fourth-order valence-corrected chi connectivity index (χ4v) is 4.18. The van der Waals surface area contributed by atoms with Crippen LogP contribution >= 0.6 is 27.3 Å². The van der Waals surface area contributed by atoms with Crippen molar-refractivity contribution in [1.82, 2.24) is 4.98 Å². The molecular formula is C18H12BrN3OS. The van der Waals surface area contributed by atoms with E-state index in [9.17, 15) is 4.79 Å². The van der Waals surface area contributed by atoms with Gasteiger partial charge in [0, 0.05) is 15.7 Å². The zero-order chi connectivity index (χ0) is 16.7. The molecule has 1 aromatic heterocycles. The van der Waals surface area contributed by atoms with Gasteiger partial charge < -0.3 is 11.1 Å². The number of fused-ring (bicyclic) bond motifs is 2. The van der Waals surface area contributed by atoms with Crippen molar-refractivity contribution in [2.45, 2.75) is 0 Å². The Balaban J connectivity index is 1.73. The van der Waals surface area contributed by atoms with Crippen molar-refractivity contribution in [3.05, 3.63) is 64.6 Å². The van der Waals surface area contributed by atoms with E-state index >= 15 is 0 Å². The number of nitrogen functional groups attached to an aromatic ring is 1. The van der Waals surface area contributed by atoms with Crippen LogP contribution in [-0.2, 0) is 0 Å². The fourth-order valence-electron chi connectivity index (χ4n) is 2.70. The average Bonchev–Trinajstić information content (AvgIpc) is 2.95. The number of hydrogen-bond acceptors (Lipinski definition) is 4. The van der Waals surface area contributed by atoms with Crippen LogP contribution in [0.4, 0.5) is 10.8 Å². The molecule has 118 valence electrons. The van der Waals surface area contributed by atoms with E-state index in [0.717, 1.165) is 25.5 Å². The van der Waals surface area contributed by atoms with Gasteiger partial charge in [0.1, 0.15) is 0 Å². The minimum absolute atomic E-state index is 0.143. The molecule has 0 bridgehead atoms. The van der Waals surface area contributed by atoms with Crippen LogP contribution in [0, 0.1) is 0 Å². The van der Waals surface area contributed by atoms with Crippen LogP contribution < -0.4 is 11.1 Å². The molecule has 0 aliphatic rings. The van der Waals surface area contributed by atoms with E-state index in [1.165, 1.54) is 11.3 Å². The van der Waals surface area contributed by atoms with E-state index in [1.807, 2.05) is 54.6 Å². The number of carbonyl (C=O) groups excluding carboxylic acids is 1. The van der Waals surface area contributed by atoms with Crippen LogP contribution in [0.15, 0.2) is 59.1 Å². The predicted molar refractivity (Wildman–Crippen MR) is 104 cm³/mol. The highest BCUT2D eigenvalue weighted by Gasteiger charge is 2.12. The molecule has 4 aromatic rings. The first-order valence-electron chi connectivity index (χ1n) is 7.26. The second kappa shape index (κ2) is 5.89. The maximum atomic E-state index is 12.7. The number of rotatable bonds is 2. The zero-order valence-electron chi connectivity index (χ0n) is 12.4. The van der Waals surface area contributed by atoms with Crippen molar-refractivity contribution >= 4 is 65.0 Å². The molecule has 1 amide bonds. The summed E-state index contributed by atoms with van der Waals surface area (Å²) in [5, 5.41) is 5.43. The van der Waals surface area contributed by atoms with Crippen molar-refractivity contribution in [1.29, 1.82) is 0 Å². The van der Waals surface area contributed by atoms with Gasteiger partial charge in [-0.15, -0.1) is 0 Å². The van der Waals surface area contributed by atoms with Gasteiger partial charge in [0.25, 0.3) is 5.91 Å². The Morgan fingerprint density at radius 1 is 1.12 bits per heavy atom. The van der Waals surface area contributed by atoms with Gasteiger partial charge in [-0.2, -0.15) is 0 Å². The number of aromatic nitrogens is 1. The maximum absolute atomic E-state index is 12.7. The van der Waals surface area contributed by atoms with Crippen LogP contribution in [-0.4, -0.2) is 10.9 Å². The monoisotopic (exact) mass is 397 g/mol. The summed E-state index contributed by atoms with van der Waals surface area (Å²) in [7, 11) is 0. The van der Waals surface area contributed by atoms with Crippen LogP contribution in [0.3, 0.4) is 0 Å². The summed E-state index contributed by atoms with van der Waals surface area (Å²) in [5.41, 5.74) is 7.92. The lowest BCUT2D eigenvalue weighted by Crippen LogP contribution is -2.12. The smallest absolute Gasteiger partial charge is 0.256 e. The molecule has 1 heterocycles. The van der Waals surface area contributed by atoms with Gasteiger partial charge >= 0.3 is 0 Å². The first-order valence-corrected chi connectivity index (χ1v) is 8.87. The summed E-state index contributed by atoms with van der Waals surface area (Å²) >= 11 is 4.88. The average molecular weight is 398 g/mol. The molecule has 3 N–H and O–H groups in total. The molecule has 0 aliphatic carbocycles. The molecule has 4 rings (SSSR count). The Bertz CT molecular complexity index is 1080. The zero-order valence-corrected chi connectivity index (χ0v) is 14.8. The van der Waals surface area contributed by atoms with Crippen LogP contribution in [0.25, 0.3) is 21.0 Å². The summed E-state index contributed by atoms with van der Waals surface area (Å²) < 4.78 is 1.73. The topological polar surface area (TPSA) is 68.0 Å². The van der Waals surface area contributed by atoms with Gasteiger partial charge in [0.15, 0.2) is 5.13 Å². The number of amides is 1. The summed E-state index contributed by atoms with van der Waals surface area (Å²) in [5.74, 6) is -0.143. The van der Waals surface area contributed by atoms with E-state index in [4.69, 9.17) is 5.73 Å². The second-order valence-electron chi connectivity index (χ2n) is 5.34. The third kappa shape index (κ3) is 2.64. The summed E-state index contributed by atoms with van der Waals surface area (Å²) in [4.78, 5) is 17.0. The lowest BCUT2D eigenvalue weighted by molar-refractivity contribution is 0.102. The molecule has 24 heavy (non-hydrogen) atoms. The first-order chi connectivity index (χ1) is 11.6. The number of thiazole rings is 1. The van der Waals surface area contributed by atoms with E-state index < -0.39 is 0 Å². The van der Waals surface area contributed by atoms with E-state index in [-0.39, 0.29) is 5.91 Å². The highest BCUT2D eigenvalue weighted by molar-refractivity contribution is 9.10. The van der Waals surface area contributed by atoms with Crippen LogP contribution in [0.1, 0.15) is 10.4 Å². The summed E-state index contributed by atoms with van der Waals surface area (Å²) in [6.07, 6.45) is 0. The summed E-state index contributed by atoms with van der Waals surface area (Å²) in [6, 6.07) is 17.3. The third-order valence-corrected chi connectivity index (χ3v) is 5.19. The fraction of sp³-hybridized carbons (Fsp3) is 0. The number of nitrogens with one attached hydrogen (secondary N) is 1. The number of nitrogens with two attached hydrogens (primary N) is 1. The second-order valence-corrected chi connectivity index (χ2v) is 7.25. The molecule has 0 saturated carbocycles. The van der Waals surface area contributed by atoms with Crippen LogP contribution in [0.2, 0.25) is 0 Å². The molecule has 0 radical (unpaired) electrons. The normalized spacial score (nSPS) is 11.0. The molecule has 0 spiro atoms. The predicted octanol–water partition coefficient (Wildman–Crippen LogP) is 5.05. The standard InChI is InChI=1S/C18H12BrN3OS/c19-14-8-11(9-15-16(14)22-18(20)24-15)21-17(23)13-7-3-5-10-4-1-2-6-12(10)13/h1-9H,(H2,20,22)(H,21,23). The molecule has 0 saturated heterocycles. The van der Waals surface area contributed by atoms with E-state index in [2.05, 4.69) is 26.2 Å². The highest BCUT2D eigenvalue weighted by atomic mass is 79.9. The number of halogens is 1. The number of anilines is 2. The first kappa shape index (κ1) is 15.1. The van der Waals surface area contributed by atoms with Gasteiger partial charge in [-0.05, 0) is 44.9 Å². The Kier molecular flexibility index (Phi) is 3.70. The molecule has 0 unspecified atom stereocenters. The minimum atomic E-state index is -0.143. The number of carbonyl (C=O) groups is 1. The maximum Gasteiger partial charge on any atom is 0.256 e. The van der Waals surface area contributed by atoms with Gasteiger partial charge in [-0.25, -0.2) is 4.98 Å². The third-order valence-electron chi connectivity index (χ3n) is 3.76. The molecule has 4 nitrogen and oxygen atoms in total. The minimum Gasteiger partial charge on any atom is -0.375 e. The Morgan fingerprint density at radius 3 is 2.79 bits per heavy atom. The van der Waals surface area contributed by atoms with Crippen molar-refractivity contribution in [3.63, 3.8) is 0 Å². The molecule has 3 aromatic carbocycles.